The van der Waals surface area contributed by atoms with Crippen molar-refractivity contribution in [3.05, 3.63) is 28.0 Å². The maximum atomic E-state index is 5.96. The standard InChI is InChI=1S/C9H12Cl2N2/c1-3-13(2)6-9-8(11)4-7(10)5-12-9/h4-5H,3,6H2,1-2H3. The molecule has 1 rings (SSSR count). The van der Waals surface area contributed by atoms with E-state index in [2.05, 4.69) is 16.8 Å². The molecule has 0 aliphatic heterocycles. The van der Waals surface area contributed by atoms with E-state index in [1.165, 1.54) is 0 Å². The van der Waals surface area contributed by atoms with Gasteiger partial charge in [-0.25, -0.2) is 0 Å². The zero-order chi connectivity index (χ0) is 9.84. The Morgan fingerprint density at radius 1 is 1.46 bits per heavy atom. The molecule has 0 amide bonds. The summed E-state index contributed by atoms with van der Waals surface area (Å²) in [6.07, 6.45) is 1.62. The van der Waals surface area contributed by atoms with Crippen LogP contribution in [0, 0.1) is 0 Å². The van der Waals surface area contributed by atoms with E-state index in [1.54, 1.807) is 12.3 Å². The van der Waals surface area contributed by atoms with Crippen LogP contribution in [-0.2, 0) is 6.54 Å². The molecule has 0 aliphatic carbocycles. The average molecular weight is 219 g/mol. The van der Waals surface area contributed by atoms with Crippen molar-refractivity contribution >= 4 is 23.2 Å². The molecule has 0 saturated carbocycles. The minimum atomic E-state index is 0.577. The van der Waals surface area contributed by atoms with Crippen LogP contribution in [0.1, 0.15) is 12.6 Å². The summed E-state index contributed by atoms with van der Waals surface area (Å²) in [6.45, 7) is 3.82. The second-order valence-electron chi connectivity index (χ2n) is 2.91. The fourth-order valence-corrected chi connectivity index (χ4v) is 1.37. The molecule has 0 N–H and O–H groups in total. The van der Waals surface area contributed by atoms with Crippen molar-refractivity contribution in [2.75, 3.05) is 13.6 Å². The maximum Gasteiger partial charge on any atom is 0.0730 e. The second-order valence-corrected chi connectivity index (χ2v) is 3.76. The molecule has 4 heteroatoms. The van der Waals surface area contributed by atoms with E-state index in [4.69, 9.17) is 23.2 Å². The lowest BCUT2D eigenvalue weighted by atomic mass is 10.3. The van der Waals surface area contributed by atoms with Gasteiger partial charge in [0, 0.05) is 12.7 Å². The van der Waals surface area contributed by atoms with Gasteiger partial charge in [-0.05, 0) is 19.7 Å². The minimum absolute atomic E-state index is 0.577. The molecule has 2 nitrogen and oxygen atoms in total. The second kappa shape index (κ2) is 4.80. The Kier molecular flexibility index (Phi) is 3.97. The van der Waals surface area contributed by atoms with E-state index in [0.29, 0.717) is 10.0 Å². The molecule has 0 radical (unpaired) electrons. The summed E-state index contributed by atoms with van der Waals surface area (Å²) in [5, 5.41) is 1.21. The smallest absolute Gasteiger partial charge is 0.0730 e. The molecule has 0 atom stereocenters. The monoisotopic (exact) mass is 218 g/mol. The summed E-state index contributed by atoms with van der Waals surface area (Å²) < 4.78 is 0. The van der Waals surface area contributed by atoms with E-state index >= 15 is 0 Å². The Morgan fingerprint density at radius 3 is 2.69 bits per heavy atom. The molecule has 1 aromatic heterocycles. The Labute approximate surface area is 88.5 Å². The zero-order valence-electron chi connectivity index (χ0n) is 7.72. The van der Waals surface area contributed by atoms with E-state index in [0.717, 1.165) is 18.8 Å². The summed E-state index contributed by atoms with van der Waals surface area (Å²) in [5.41, 5.74) is 0.871. The van der Waals surface area contributed by atoms with E-state index in [1.807, 2.05) is 7.05 Å². The van der Waals surface area contributed by atoms with Crippen molar-refractivity contribution in [2.24, 2.45) is 0 Å². The van der Waals surface area contributed by atoms with Crippen LogP contribution in [0.25, 0.3) is 0 Å². The van der Waals surface area contributed by atoms with Crippen molar-refractivity contribution in [1.82, 2.24) is 9.88 Å². The van der Waals surface area contributed by atoms with E-state index < -0.39 is 0 Å². The summed E-state index contributed by atoms with van der Waals surface area (Å²) in [5.74, 6) is 0. The number of hydrogen-bond acceptors (Lipinski definition) is 2. The van der Waals surface area contributed by atoms with Gasteiger partial charge in [0.25, 0.3) is 0 Å². The number of hydrogen-bond donors (Lipinski definition) is 0. The highest BCUT2D eigenvalue weighted by atomic mass is 35.5. The number of pyridine rings is 1. The Balaban J connectivity index is 2.77. The van der Waals surface area contributed by atoms with Crippen LogP contribution in [0.5, 0.6) is 0 Å². The van der Waals surface area contributed by atoms with Crippen molar-refractivity contribution in [2.45, 2.75) is 13.5 Å². The number of aromatic nitrogens is 1. The molecule has 1 aromatic rings. The van der Waals surface area contributed by atoms with Gasteiger partial charge in [-0.15, -0.1) is 0 Å². The van der Waals surface area contributed by atoms with Crippen molar-refractivity contribution < 1.29 is 0 Å². The largest absolute Gasteiger partial charge is 0.301 e. The molecule has 0 fully saturated rings. The molecule has 0 aromatic carbocycles. The van der Waals surface area contributed by atoms with Gasteiger partial charge in [0.05, 0.1) is 15.7 Å². The molecule has 0 bridgehead atoms. The fourth-order valence-electron chi connectivity index (χ4n) is 0.927. The van der Waals surface area contributed by atoms with Crippen LogP contribution in [-0.4, -0.2) is 23.5 Å². The first-order valence-corrected chi connectivity index (χ1v) is 4.87. The third kappa shape index (κ3) is 3.14. The lowest BCUT2D eigenvalue weighted by Crippen LogP contribution is -2.17. The van der Waals surface area contributed by atoms with Crippen LogP contribution >= 0.6 is 23.2 Å². The van der Waals surface area contributed by atoms with Crippen molar-refractivity contribution in [3.63, 3.8) is 0 Å². The molecule has 13 heavy (non-hydrogen) atoms. The predicted molar refractivity (Wildman–Crippen MR) is 56.3 cm³/mol. The highest BCUT2D eigenvalue weighted by molar-refractivity contribution is 6.34. The molecule has 72 valence electrons. The Morgan fingerprint density at radius 2 is 2.15 bits per heavy atom. The van der Waals surface area contributed by atoms with E-state index in [9.17, 15) is 0 Å². The third-order valence-corrected chi connectivity index (χ3v) is 2.38. The molecule has 0 aliphatic rings. The topological polar surface area (TPSA) is 16.1 Å². The number of halogens is 2. The molecule has 1 heterocycles. The van der Waals surface area contributed by atoms with Crippen LogP contribution in [0.3, 0.4) is 0 Å². The van der Waals surface area contributed by atoms with Gasteiger partial charge >= 0.3 is 0 Å². The fraction of sp³-hybridized carbons (Fsp3) is 0.444. The van der Waals surface area contributed by atoms with Gasteiger partial charge < -0.3 is 4.90 Å². The summed E-state index contributed by atoms with van der Waals surface area (Å²) in [6, 6.07) is 1.72. The van der Waals surface area contributed by atoms with E-state index in [-0.39, 0.29) is 0 Å². The SMILES string of the molecule is CCN(C)Cc1ncc(Cl)cc1Cl. The van der Waals surface area contributed by atoms with Crippen LogP contribution in [0.4, 0.5) is 0 Å². The first-order chi connectivity index (χ1) is 6.13. The first kappa shape index (κ1) is 10.8. The molecular weight excluding hydrogens is 207 g/mol. The predicted octanol–water partition coefficient (Wildman–Crippen LogP) is 2.84. The third-order valence-electron chi connectivity index (χ3n) is 1.84. The van der Waals surface area contributed by atoms with Gasteiger partial charge in [-0.3, -0.25) is 4.98 Å². The highest BCUT2D eigenvalue weighted by Gasteiger charge is 2.04. The van der Waals surface area contributed by atoms with Crippen LogP contribution < -0.4 is 0 Å². The lowest BCUT2D eigenvalue weighted by Gasteiger charge is -2.13. The van der Waals surface area contributed by atoms with Crippen LogP contribution in [0.15, 0.2) is 12.3 Å². The summed E-state index contributed by atoms with van der Waals surface area (Å²) in [7, 11) is 2.02. The molecule has 0 saturated heterocycles. The Hall–Kier alpha value is -0.310. The Bertz CT molecular complexity index is 289. The zero-order valence-corrected chi connectivity index (χ0v) is 9.23. The normalized spacial score (nSPS) is 10.8. The van der Waals surface area contributed by atoms with Gasteiger partial charge in [-0.1, -0.05) is 30.1 Å². The lowest BCUT2D eigenvalue weighted by molar-refractivity contribution is 0.341. The van der Waals surface area contributed by atoms with Crippen LogP contribution in [0.2, 0.25) is 10.0 Å². The molecule has 0 spiro atoms. The molecule has 0 unspecified atom stereocenters. The van der Waals surface area contributed by atoms with Crippen molar-refractivity contribution in [1.29, 1.82) is 0 Å². The van der Waals surface area contributed by atoms with Gasteiger partial charge in [-0.2, -0.15) is 0 Å². The number of rotatable bonds is 3. The maximum absolute atomic E-state index is 5.96. The summed E-state index contributed by atoms with van der Waals surface area (Å²) >= 11 is 11.7. The van der Waals surface area contributed by atoms with Gasteiger partial charge in [0.1, 0.15) is 0 Å². The first-order valence-electron chi connectivity index (χ1n) is 4.12. The minimum Gasteiger partial charge on any atom is -0.301 e. The molecular formula is C9H12Cl2N2. The average Bonchev–Trinajstić information content (AvgIpc) is 2.09. The highest BCUT2D eigenvalue weighted by Crippen LogP contribution is 2.19. The number of nitrogens with zero attached hydrogens (tertiary/aromatic N) is 2. The quantitative estimate of drug-likeness (QED) is 0.776. The summed E-state index contributed by atoms with van der Waals surface area (Å²) in [4.78, 5) is 6.29. The van der Waals surface area contributed by atoms with Crippen molar-refractivity contribution in [3.8, 4) is 0 Å². The van der Waals surface area contributed by atoms with Gasteiger partial charge in [0.15, 0.2) is 0 Å². The van der Waals surface area contributed by atoms with Gasteiger partial charge in [0.2, 0.25) is 0 Å².